The number of aliphatic hydroxyl groups is 1. The molecule has 1 nitrogen and oxygen atoms in total. The summed E-state index contributed by atoms with van der Waals surface area (Å²) in [7, 11) is 0. The third kappa shape index (κ3) is 2.43. The summed E-state index contributed by atoms with van der Waals surface area (Å²) in [5, 5.41) is 9.90. The topological polar surface area (TPSA) is 20.2 Å². The van der Waals surface area contributed by atoms with Crippen molar-refractivity contribution in [2.45, 2.75) is 26.9 Å². The maximum atomic E-state index is 9.90. The predicted octanol–water partition coefficient (Wildman–Crippen LogP) is 3.08. The van der Waals surface area contributed by atoms with Gasteiger partial charge in [-0.1, -0.05) is 35.9 Å². The molecule has 0 saturated heterocycles. The molecule has 1 unspecified atom stereocenters. The van der Waals surface area contributed by atoms with Crippen molar-refractivity contribution in [1.82, 2.24) is 0 Å². The summed E-state index contributed by atoms with van der Waals surface area (Å²) in [6, 6.07) is 9.72. The second-order valence-corrected chi connectivity index (χ2v) is 3.50. The number of hydrogen-bond donors (Lipinski definition) is 1. The zero-order chi connectivity index (χ0) is 9.84. The van der Waals surface area contributed by atoms with Gasteiger partial charge in [-0.05, 0) is 31.9 Å². The van der Waals surface area contributed by atoms with Gasteiger partial charge in [-0.25, -0.2) is 0 Å². The second kappa shape index (κ2) is 4.24. The Bertz CT molecular complexity index is 294. The average Bonchev–Trinajstić information content (AvgIpc) is 2.17. The van der Waals surface area contributed by atoms with Gasteiger partial charge in [-0.15, -0.1) is 0 Å². The first kappa shape index (κ1) is 10.0. The Labute approximate surface area is 79.7 Å². The summed E-state index contributed by atoms with van der Waals surface area (Å²) in [5.74, 6) is 0. The van der Waals surface area contributed by atoms with Gasteiger partial charge in [0, 0.05) is 0 Å². The van der Waals surface area contributed by atoms with Crippen molar-refractivity contribution >= 4 is 0 Å². The van der Waals surface area contributed by atoms with Crippen molar-refractivity contribution < 1.29 is 5.11 Å². The SMILES string of the molecule is CC(C)=C(C)C(O)c1ccccc1. The molecule has 1 heteroatoms. The molecule has 0 heterocycles. The van der Waals surface area contributed by atoms with Crippen molar-refractivity contribution in [1.29, 1.82) is 0 Å². The largest absolute Gasteiger partial charge is 0.384 e. The van der Waals surface area contributed by atoms with Gasteiger partial charge in [0.1, 0.15) is 6.10 Å². The van der Waals surface area contributed by atoms with E-state index in [-0.39, 0.29) is 0 Å². The van der Waals surface area contributed by atoms with Crippen LogP contribution in [-0.4, -0.2) is 5.11 Å². The third-order valence-electron chi connectivity index (χ3n) is 2.31. The van der Waals surface area contributed by atoms with Crippen LogP contribution in [-0.2, 0) is 0 Å². The van der Waals surface area contributed by atoms with Gasteiger partial charge < -0.3 is 5.11 Å². The maximum absolute atomic E-state index is 9.90. The molecule has 1 N–H and O–H groups in total. The standard InChI is InChI=1S/C12H16O/c1-9(2)10(3)12(13)11-7-5-4-6-8-11/h4-8,12-13H,1-3H3. The molecule has 70 valence electrons. The highest BCUT2D eigenvalue weighted by Crippen LogP contribution is 2.22. The van der Waals surface area contributed by atoms with E-state index in [2.05, 4.69) is 0 Å². The molecule has 0 fully saturated rings. The molecule has 1 aromatic rings. The lowest BCUT2D eigenvalue weighted by Crippen LogP contribution is -1.99. The fourth-order valence-electron chi connectivity index (χ4n) is 1.16. The van der Waals surface area contributed by atoms with Crippen LogP contribution in [0.25, 0.3) is 0 Å². The van der Waals surface area contributed by atoms with E-state index in [1.165, 1.54) is 5.57 Å². The lowest BCUT2D eigenvalue weighted by molar-refractivity contribution is 0.214. The van der Waals surface area contributed by atoms with Gasteiger partial charge in [0.2, 0.25) is 0 Å². The number of aliphatic hydroxyl groups excluding tert-OH is 1. The van der Waals surface area contributed by atoms with E-state index in [0.29, 0.717) is 0 Å². The number of hydrogen-bond acceptors (Lipinski definition) is 1. The third-order valence-corrected chi connectivity index (χ3v) is 2.31. The normalized spacial score (nSPS) is 12.3. The molecule has 0 aromatic heterocycles. The Balaban J connectivity index is 2.93. The van der Waals surface area contributed by atoms with E-state index >= 15 is 0 Å². The summed E-state index contributed by atoms with van der Waals surface area (Å²) >= 11 is 0. The zero-order valence-electron chi connectivity index (χ0n) is 8.41. The summed E-state index contributed by atoms with van der Waals surface area (Å²) in [4.78, 5) is 0. The van der Waals surface area contributed by atoms with Crippen LogP contribution in [0.1, 0.15) is 32.4 Å². The first-order chi connectivity index (χ1) is 6.13. The first-order valence-corrected chi connectivity index (χ1v) is 4.50. The first-order valence-electron chi connectivity index (χ1n) is 4.50. The smallest absolute Gasteiger partial charge is 0.100 e. The van der Waals surface area contributed by atoms with Gasteiger partial charge in [0.15, 0.2) is 0 Å². The molecule has 0 aliphatic carbocycles. The van der Waals surface area contributed by atoms with E-state index in [1.807, 2.05) is 51.1 Å². The molecule has 0 radical (unpaired) electrons. The molecule has 1 rings (SSSR count). The summed E-state index contributed by atoms with van der Waals surface area (Å²) in [6.07, 6.45) is -0.453. The lowest BCUT2D eigenvalue weighted by atomic mass is 10.00. The fraction of sp³-hybridized carbons (Fsp3) is 0.333. The summed E-state index contributed by atoms with van der Waals surface area (Å²) in [5.41, 5.74) is 3.17. The minimum absolute atomic E-state index is 0.453. The van der Waals surface area contributed by atoms with Crippen LogP contribution < -0.4 is 0 Å². The molecular formula is C12H16O. The van der Waals surface area contributed by atoms with Gasteiger partial charge in [-0.2, -0.15) is 0 Å². The fourth-order valence-corrected chi connectivity index (χ4v) is 1.16. The number of rotatable bonds is 2. The molecule has 0 aliphatic heterocycles. The van der Waals surface area contributed by atoms with Gasteiger partial charge in [0.25, 0.3) is 0 Å². The lowest BCUT2D eigenvalue weighted by Gasteiger charge is -2.13. The van der Waals surface area contributed by atoms with E-state index in [9.17, 15) is 5.11 Å². The maximum Gasteiger partial charge on any atom is 0.100 e. The highest BCUT2D eigenvalue weighted by atomic mass is 16.3. The predicted molar refractivity (Wildman–Crippen MR) is 55.4 cm³/mol. The molecule has 1 aromatic carbocycles. The van der Waals surface area contributed by atoms with E-state index in [1.54, 1.807) is 0 Å². The van der Waals surface area contributed by atoms with Crippen molar-refractivity contribution in [2.24, 2.45) is 0 Å². The van der Waals surface area contributed by atoms with Crippen molar-refractivity contribution in [3.63, 3.8) is 0 Å². The van der Waals surface area contributed by atoms with Crippen LogP contribution in [0.4, 0.5) is 0 Å². The highest BCUT2D eigenvalue weighted by Gasteiger charge is 2.09. The van der Waals surface area contributed by atoms with Crippen LogP contribution >= 0.6 is 0 Å². The van der Waals surface area contributed by atoms with E-state index < -0.39 is 6.10 Å². The van der Waals surface area contributed by atoms with Gasteiger partial charge >= 0.3 is 0 Å². The van der Waals surface area contributed by atoms with Crippen molar-refractivity contribution in [2.75, 3.05) is 0 Å². The van der Waals surface area contributed by atoms with Crippen LogP contribution in [0, 0.1) is 0 Å². The second-order valence-electron chi connectivity index (χ2n) is 3.50. The molecule has 0 spiro atoms. The molecule has 0 amide bonds. The molecular weight excluding hydrogens is 160 g/mol. The number of allylic oxidation sites excluding steroid dienone is 1. The van der Waals surface area contributed by atoms with E-state index in [0.717, 1.165) is 11.1 Å². The molecule has 1 atom stereocenters. The van der Waals surface area contributed by atoms with Crippen molar-refractivity contribution in [3.8, 4) is 0 Å². The Morgan fingerprint density at radius 1 is 1.08 bits per heavy atom. The van der Waals surface area contributed by atoms with Gasteiger partial charge in [-0.3, -0.25) is 0 Å². The Morgan fingerprint density at radius 3 is 2.08 bits per heavy atom. The van der Waals surface area contributed by atoms with E-state index in [4.69, 9.17) is 0 Å². The monoisotopic (exact) mass is 176 g/mol. The average molecular weight is 176 g/mol. The summed E-state index contributed by atoms with van der Waals surface area (Å²) in [6.45, 7) is 6.00. The Morgan fingerprint density at radius 2 is 1.62 bits per heavy atom. The minimum atomic E-state index is -0.453. The minimum Gasteiger partial charge on any atom is -0.384 e. The Hall–Kier alpha value is -1.08. The van der Waals surface area contributed by atoms with Crippen molar-refractivity contribution in [3.05, 3.63) is 47.0 Å². The summed E-state index contributed by atoms with van der Waals surface area (Å²) < 4.78 is 0. The quantitative estimate of drug-likeness (QED) is 0.686. The Kier molecular flexibility index (Phi) is 3.26. The molecule has 0 bridgehead atoms. The number of benzene rings is 1. The van der Waals surface area contributed by atoms with Crippen LogP contribution in [0.5, 0.6) is 0 Å². The van der Waals surface area contributed by atoms with Crippen LogP contribution in [0.3, 0.4) is 0 Å². The highest BCUT2D eigenvalue weighted by molar-refractivity contribution is 5.26. The molecule has 0 aliphatic rings. The van der Waals surface area contributed by atoms with Crippen LogP contribution in [0.15, 0.2) is 41.5 Å². The molecule has 0 saturated carbocycles. The zero-order valence-corrected chi connectivity index (χ0v) is 8.41. The molecule has 13 heavy (non-hydrogen) atoms. The van der Waals surface area contributed by atoms with Crippen LogP contribution in [0.2, 0.25) is 0 Å². The van der Waals surface area contributed by atoms with Gasteiger partial charge in [0.05, 0.1) is 0 Å².